The summed E-state index contributed by atoms with van der Waals surface area (Å²) in [5.41, 5.74) is 0.368. The Labute approximate surface area is 265 Å². The summed E-state index contributed by atoms with van der Waals surface area (Å²) in [5.74, 6) is 2.46. The Balaban J connectivity index is 0.975. The summed E-state index contributed by atoms with van der Waals surface area (Å²) in [6.45, 7) is 15.4. The Morgan fingerprint density at radius 3 is 2.45 bits per heavy atom. The zero-order valence-electron chi connectivity index (χ0n) is 28.3. The molecular formula is C37H59NO6. The molecule has 6 saturated carbocycles. The van der Waals surface area contributed by atoms with E-state index in [1.807, 2.05) is 0 Å². The molecule has 9 unspecified atom stereocenters. The van der Waals surface area contributed by atoms with Gasteiger partial charge in [-0.2, -0.15) is 0 Å². The van der Waals surface area contributed by atoms with Crippen molar-refractivity contribution in [2.75, 3.05) is 19.7 Å². The Hall–Kier alpha value is -0.730. The maximum absolute atomic E-state index is 11.9. The van der Waals surface area contributed by atoms with Crippen molar-refractivity contribution in [2.24, 2.45) is 45.3 Å². The van der Waals surface area contributed by atoms with Crippen LogP contribution >= 0.6 is 0 Å². The van der Waals surface area contributed by atoms with Crippen molar-refractivity contribution in [3.8, 4) is 0 Å². The van der Waals surface area contributed by atoms with E-state index >= 15 is 0 Å². The minimum Gasteiger partial charge on any atom is -0.457 e. The highest BCUT2D eigenvalue weighted by Gasteiger charge is 2.80. The van der Waals surface area contributed by atoms with Gasteiger partial charge in [-0.15, -0.1) is 0 Å². The summed E-state index contributed by atoms with van der Waals surface area (Å²) in [6, 6.07) is 0.777. The van der Waals surface area contributed by atoms with Crippen LogP contribution in [0, 0.1) is 45.3 Å². The van der Waals surface area contributed by atoms with Crippen molar-refractivity contribution in [1.82, 2.24) is 4.90 Å². The van der Waals surface area contributed by atoms with Gasteiger partial charge in [-0.3, -0.25) is 9.69 Å². The average molecular weight is 614 g/mol. The molecule has 0 aromatic carbocycles. The van der Waals surface area contributed by atoms with Crippen molar-refractivity contribution < 1.29 is 28.8 Å². The van der Waals surface area contributed by atoms with Gasteiger partial charge < -0.3 is 24.1 Å². The number of morpholine rings is 1. The lowest BCUT2D eigenvalue weighted by Gasteiger charge is -2.60. The number of carbonyl (C=O) groups excluding carboxylic acids is 1. The van der Waals surface area contributed by atoms with Gasteiger partial charge in [-0.1, -0.05) is 20.8 Å². The van der Waals surface area contributed by atoms with E-state index < -0.39 is 11.7 Å². The number of nitrogens with zero attached hydrogens (tertiary/aromatic N) is 1. The molecule has 7 nitrogen and oxygen atoms in total. The number of carbonyl (C=O) groups is 1. The summed E-state index contributed by atoms with van der Waals surface area (Å²) in [7, 11) is 0. The van der Waals surface area contributed by atoms with Crippen molar-refractivity contribution >= 4 is 5.97 Å². The van der Waals surface area contributed by atoms with E-state index in [1.165, 1.54) is 64.7 Å². The van der Waals surface area contributed by atoms with Crippen molar-refractivity contribution in [3.05, 3.63) is 0 Å². The molecule has 0 amide bonds. The molecule has 0 radical (unpaired) electrons. The van der Waals surface area contributed by atoms with Crippen LogP contribution in [0.2, 0.25) is 0 Å². The van der Waals surface area contributed by atoms with E-state index in [0.717, 1.165) is 56.8 Å². The Kier molecular flexibility index (Phi) is 7.05. The lowest BCUT2D eigenvalue weighted by atomic mass is 9.46. The van der Waals surface area contributed by atoms with Gasteiger partial charge in [-0.25, -0.2) is 0 Å². The highest BCUT2D eigenvalue weighted by atomic mass is 16.7. The van der Waals surface area contributed by atoms with Gasteiger partial charge in [0.25, 0.3) is 0 Å². The third kappa shape index (κ3) is 4.48. The maximum atomic E-state index is 11.9. The monoisotopic (exact) mass is 613 g/mol. The quantitative estimate of drug-likeness (QED) is 0.363. The predicted molar refractivity (Wildman–Crippen MR) is 167 cm³/mol. The summed E-state index contributed by atoms with van der Waals surface area (Å²) >= 11 is 0. The molecule has 2 spiro atoms. The lowest BCUT2D eigenvalue weighted by Crippen LogP contribution is -2.56. The average Bonchev–Trinajstić information content (AvgIpc) is 3.88. The molecule has 8 fully saturated rings. The van der Waals surface area contributed by atoms with Gasteiger partial charge in [0, 0.05) is 26.1 Å². The van der Waals surface area contributed by atoms with Crippen LogP contribution in [0.15, 0.2) is 0 Å². The first kappa shape index (κ1) is 30.6. The van der Waals surface area contributed by atoms with Crippen molar-refractivity contribution in [2.45, 2.75) is 161 Å². The predicted octanol–water partition coefficient (Wildman–Crippen LogP) is 6.10. The molecule has 2 aliphatic heterocycles. The minimum atomic E-state index is -1.13. The number of hydrogen-bond donors (Lipinski definition) is 1. The SMILES string of the molecule is CC(=O)O[C@@H](C1CCC2C(CC3C4CCC5C(C)(C)[C@@H](OC6CN(C7CC7)CCO6)CCC56C[C@@]46CCC23C)O1)C(C)(C)O. The fourth-order valence-electron chi connectivity index (χ4n) is 13.2. The molecule has 8 rings (SSSR count). The molecule has 0 bridgehead atoms. The Morgan fingerprint density at radius 2 is 1.73 bits per heavy atom. The van der Waals surface area contributed by atoms with Crippen LogP contribution < -0.4 is 0 Å². The number of fused-ring (bicyclic) bond motifs is 4. The van der Waals surface area contributed by atoms with Crippen LogP contribution in [-0.2, 0) is 23.7 Å². The van der Waals surface area contributed by atoms with Crippen LogP contribution in [-0.4, -0.2) is 78.0 Å². The van der Waals surface area contributed by atoms with Gasteiger partial charge in [0.05, 0.1) is 30.5 Å². The summed E-state index contributed by atoms with van der Waals surface area (Å²) < 4.78 is 25.6. The van der Waals surface area contributed by atoms with E-state index in [1.54, 1.807) is 13.8 Å². The van der Waals surface area contributed by atoms with Crippen LogP contribution in [0.3, 0.4) is 0 Å². The summed E-state index contributed by atoms with van der Waals surface area (Å²) in [6.07, 6.45) is 14.7. The van der Waals surface area contributed by atoms with Crippen molar-refractivity contribution in [1.29, 1.82) is 0 Å². The topological polar surface area (TPSA) is 77.5 Å². The first-order valence-corrected chi connectivity index (χ1v) is 18.3. The van der Waals surface area contributed by atoms with Crippen molar-refractivity contribution in [3.63, 3.8) is 0 Å². The first-order chi connectivity index (χ1) is 20.8. The molecule has 0 aromatic rings. The Bertz CT molecular complexity index is 1150. The largest absolute Gasteiger partial charge is 0.457 e. The molecule has 6 aliphatic carbocycles. The Morgan fingerprint density at radius 1 is 0.955 bits per heavy atom. The number of rotatable bonds is 6. The van der Waals surface area contributed by atoms with Gasteiger partial charge in [0.1, 0.15) is 0 Å². The number of ether oxygens (including phenoxy) is 4. The second-order valence-electron chi connectivity index (χ2n) is 18.2. The molecule has 8 aliphatic rings. The lowest BCUT2D eigenvalue weighted by molar-refractivity contribution is -0.245. The number of hydrogen-bond acceptors (Lipinski definition) is 7. The van der Waals surface area contributed by atoms with E-state index in [2.05, 4.69) is 25.7 Å². The van der Waals surface area contributed by atoms with Crippen LogP contribution in [0.5, 0.6) is 0 Å². The fourth-order valence-corrected chi connectivity index (χ4v) is 13.2. The van der Waals surface area contributed by atoms with E-state index in [4.69, 9.17) is 18.9 Å². The molecule has 12 atom stereocenters. The van der Waals surface area contributed by atoms with E-state index in [9.17, 15) is 9.90 Å². The van der Waals surface area contributed by atoms with E-state index in [0.29, 0.717) is 28.1 Å². The molecule has 7 heteroatoms. The molecule has 248 valence electrons. The minimum absolute atomic E-state index is 0.0647. The molecule has 2 heterocycles. The third-order valence-electron chi connectivity index (χ3n) is 15.3. The number of aliphatic hydroxyl groups is 1. The molecule has 2 saturated heterocycles. The van der Waals surface area contributed by atoms with Gasteiger partial charge in [0.2, 0.25) is 0 Å². The smallest absolute Gasteiger partial charge is 0.303 e. The fraction of sp³-hybridized carbons (Fsp3) is 0.973. The highest BCUT2D eigenvalue weighted by Crippen LogP contribution is 2.87. The first-order valence-electron chi connectivity index (χ1n) is 18.3. The standard InChI is InChI=1S/C37H59NO6/c1-22(39)42-32(34(4,5)40)27-11-9-25-28(43-27)19-26-24-10-12-29-33(2,3)30(44-31-20-38(17-18-41-31)23-7-8-23)13-14-37(29)21-36(24,37)16-15-35(25,26)6/h23-32,40H,7-21H2,1-6H3/t24?,25?,26?,27?,28?,29?,30-,31?,32-,35?,36-,37?/m0/s1. The van der Waals surface area contributed by atoms with Crippen LogP contribution in [0.1, 0.15) is 119 Å². The molecule has 1 N–H and O–H groups in total. The molecule has 44 heavy (non-hydrogen) atoms. The third-order valence-corrected chi connectivity index (χ3v) is 15.3. The van der Waals surface area contributed by atoms with E-state index in [-0.39, 0.29) is 36.0 Å². The van der Waals surface area contributed by atoms with Gasteiger partial charge in [-0.05, 0) is 136 Å². The second-order valence-corrected chi connectivity index (χ2v) is 18.2. The van der Waals surface area contributed by atoms with Crippen LogP contribution in [0.4, 0.5) is 0 Å². The van der Waals surface area contributed by atoms with Gasteiger partial charge >= 0.3 is 5.97 Å². The second kappa shape index (κ2) is 10.1. The summed E-state index contributed by atoms with van der Waals surface area (Å²) in [4.78, 5) is 14.5. The number of esters is 1. The zero-order chi connectivity index (χ0) is 30.9. The van der Waals surface area contributed by atoms with Crippen LogP contribution in [0.25, 0.3) is 0 Å². The normalized spacial score (nSPS) is 50.3. The molecular weight excluding hydrogens is 554 g/mol. The zero-order valence-corrected chi connectivity index (χ0v) is 28.3. The highest BCUT2D eigenvalue weighted by molar-refractivity contribution is 5.66. The van der Waals surface area contributed by atoms with Gasteiger partial charge in [0.15, 0.2) is 12.4 Å². The maximum Gasteiger partial charge on any atom is 0.303 e. The summed E-state index contributed by atoms with van der Waals surface area (Å²) in [5, 5.41) is 10.9. The molecule has 0 aromatic heterocycles.